The summed E-state index contributed by atoms with van der Waals surface area (Å²) < 4.78 is 6.88. The Morgan fingerprint density at radius 1 is 1.00 bits per heavy atom. The number of anilines is 1. The van der Waals surface area contributed by atoms with Gasteiger partial charge in [0, 0.05) is 44.1 Å². The number of aryl methyl sites for hydroxylation is 1. The maximum absolute atomic E-state index is 5.96. The van der Waals surface area contributed by atoms with Crippen LogP contribution in [0, 0.1) is 6.92 Å². The number of hydrogen-bond donors (Lipinski definition) is 1. The summed E-state index contributed by atoms with van der Waals surface area (Å²) in [6.07, 6.45) is 4.55. The van der Waals surface area contributed by atoms with Crippen molar-refractivity contribution in [2.45, 2.75) is 20.3 Å². The van der Waals surface area contributed by atoms with Gasteiger partial charge in [0.05, 0.1) is 17.7 Å². The molecule has 5 aromatic rings. The van der Waals surface area contributed by atoms with E-state index in [1.807, 2.05) is 26.1 Å². The highest BCUT2D eigenvalue weighted by Gasteiger charge is 2.22. The van der Waals surface area contributed by atoms with E-state index in [1.165, 1.54) is 11.1 Å². The maximum Gasteiger partial charge on any atom is 0.236 e. The SMILES string of the molecule is CCOc1nc(N2CCNCC2)nc2c1sc1nc(-c3ccc(Cc4cccnc4)cc3)nc(C)c12. The zero-order valence-electron chi connectivity index (χ0n) is 20.4. The number of thiophene rings is 1. The predicted molar refractivity (Wildman–Crippen MR) is 144 cm³/mol. The average molecular weight is 498 g/mol. The Kier molecular flexibility index (Phi) is 6.16. The molecule has 5 heterocycles. The van der Waals surface area contributed by atoms with Crippen molar-refractivity contribution < 1.29 is 4.74 Å². The molecule has 1 aliphatic heterocycles. The zero-order chi connectivity index (χ0) is 24.5. The van der Waals surface area contributed by atoms with Crippen LogP contribution in [0.4, 0.5) is 5.95 Å². The summed E-state index contributed by atoms with van der Waals surface area (Å²) in [5.41, 5.74) is 5.19. The van der Waals surface area contributed by atoms with Crippen molar-refractivity contribution in [2.24, 2.45) is 0 Å². The number of fused-ring (bicyclic) bond motifs is 3. The standard InChI is InChI=1S/C27H27N7OS/c1-3-35-25-23-22(31-27(33-25)34-13-11-28-12-14-34)21-17(2)30-24(32-26(21)36-23)20-8-6-18(7-9-20)15-19-5-4-10-29-16-19/h4-10,16,28H,3,11-15H2,1-2H3. The van der Waals surface area contributed by atoms with Gasteiger partial charge in [-0.2, -0.15) is 4.98 Å². The second kappa shape index (κ2) is 9.75. The topological polar surface area (TPSA) is 89.0 Å². The van der Waals surface area contributed by atoms with Gasteiger partial charge >= 0.3 is 0 Å². The highest BCUT2D eigenvalue weighted by Crippen LogP contribution is 2.39. The summed E-state index contributed by atoms with van der Waals surface area (Å²) in [4.78, 5) is 26.9. The van der Waals surface area contributed by atoms with Gasteiger partial charge in [-0.3, -0.25) is 4.98 Å². The number of rotatable bonds is 6. The largest absolute Gasteiger partial charge is 0.477 e. The fourth-order valence-electron chi connectivity index (χ4n) is 4.55. The van der Waals surface area contributed by atoms with E-state index in [2.05, 4.69) is 45.5 Å². The first-order chi connectivity index (χ1) is 17.7. The van der Waals surface area contributed by atoms with Crippen LogP contribution in [0.3, 0.4) is 0 Å². The molecule has 0 unspecified atom stereocenters. The summed E-state index contributed by atoms with van der Waals surface area (Å²) in [5.74, 6) is 2.05. The van der Waals surface area contributed by atoms with Gasteiger partial charge < -0.3 is 15.0 Å². The second-order valence-electron chi connectivity index (χ2n) is 8.83. The van der Waals surface area contributed by atoms with Crippen LogP contribution in [-0.2, 0) is 6.42 Å². The van der Waals surface area contributed by atoms with E-state index in [0.717, 1.165) is 64.3 Å². The van der Waals surface area contributed by atoms with E-state index in [1.54, 1.807) is 17.5 Å². The van der Waals surface area contributed by atoms with Crippen molar-refractivity contribution in [3.05, 3.63) is 65.6 Å². The fraction of sp³-hybridized carbons (Fsp3) is 0.296. The minimum Gasteiger partial charge on any atom is -0.477 e. The van der Waals surface area contributed by atoms with Crippen LogP contribution < -0.4 is 15.0 Å². The Morgan fingerprint density at radius 2 is 1.83 bits per heavy atom. The molecule has 0 radical (unpaired) electrons. The van der Waals surface area contributed by atoms with Crippen LogP contribution in [-0.4, -0.2) is 57.7 Å². The third-order valence-corrected chi connectivity index (χ3v) is 7.40. The normalized spacial score (nSPS) is 14.0. The molecule has 36 heavy (non-hydrogen) atoms. The van der Waals surface area contributed by atoms with E-state index < -0.39 is 0 Å². The van der Waals surface area contributed by atoms with Crippen molar-refractivity contribution in [1.82, 2.24) is 30.2 Å². The maximum atomic E-state index is 5.96. The number of pyridine rings is 1. The van der Waals surface area contributed by atoms with Crippen LogP contribution >= 0.6 is 11.3 Å². The molecule has 6 rings (SSSR count). The van der Waals surface area contributed by atoms with Crippen LogP contribution in [0.25, 0.3) is 31.8 Å². The van der Waals surface area contributed by atoms with Gasteiger partial charge in [0.2, 0.25) is 11.8 Å². The van der Waals surface area contributed by atoms with Crippen LogP contribution in [0.5, 0.6) is 5.88 Å². The van der Waals surface area contributed by atoms with E-state index in [9.17, 15) is 0 Å². The van der Waals surface area contributed by atoms with Crippen LogP contribution in [0.15, 0.2) is 48.8 Å². The molecule has 1 saturated heterocycles. The number of ether oxygens (including phenoxy) is 1. The lowest BCUT2D eigenvalue weighted by atomic mass is 10.0. The van der Waals surface area contributed by atoms with E-state index in [0.29, 0.717) is 24.3 Å². The lowest BCUT2D eigenvalue weighted by Crippen LogP contribution is -2.44. The summed E-state index contributed by atoms with van der Waals surface area (Å²) in [5, 5.41) is 4.36. The first kappa shape index (κ1) is 22.8. The first-order valence-corrected chi connectivity index (χ1v) is 13.1. The molecule has 4 aromatic heterocycles. The third-order valence-electron chi connectivity index (χ3n) is 6.34. The molecule has 0 spiro atoms. The number of nitrogens with one attached hydrogen (secondary N) is 1. The van der Waals surface area contributed by atoms with Crippen molar-refractivity contribution >= 4 is 37.7 Å². The van der Waals surface area contributed by atoms with Gasteiger partial charge in [-0.1, -0.05) is 30.3 Å². The van der Waals surface area contributed by atoms with Gasteiger partial charge in [0.15, 0.2) is 5.82 Å². The molecular formula is C27H27N7OS. The number of aromatic nitrogens is 5. The second-order valence-corrected chi connectivity index (χ2v) is 9.83. The Morgan fingerprint density at radius 3 is 2.58 bits per heavy atom. The molecule has 0 saturated carbocycles. The van der Waals surface area contributed by atoms with Gasteiger partial charge in [-0.05, 0) is 37.5 Å². The summed E-state index contributed by atoms with van der Waals surface area (Å²) in [7, 11) is 0. The summed E-state index contributed by atoms with van der Waals surface area (Å²) in [6.45, 7) is 8.13. The molecule has 1 fully saturated rings. The molecule has 1 N–H and O–H groups in total. The Hall–Kier alpha value is -3.69. The molecule has 0 amide bonds. The number of benzene rings is 1. The van der Waals surface area contributed by atoms with Crippen molar-refractivity contribution in [1.29, 1.82) is 0 Å². The molecule has 0 atom stereocenters. The number of nitrogens with zero attached hydrogens (tertiary/aromatic N) is 6. The predicted octanol–water partition coefficient (Wildman–Crippen LogP) is 4.40. The lowest BCUT2D eigenvalue weighted by Gasteiger charge is -2.27. The van der Waals surface area contributed by atoms with E-state index >= 15 is 0 Å². The molecule has 0 bridgehead atoms. The first-order valence-electron chi connectivity index (χ1n) is 12.2. The smallest absolute Gasteiger partial charge is 0.236 e. The molecule has 182 valence electrons. The summed E-state index contributed by atoms with van der Waals surface area (Å²) >= 11 is 1.57. The quantitative estimate of drug-likeness (QED) is 0.369. The van der Waals surface area contributed by atoms with Crippen molar-refractivity contribution in [3.63, 3.8) is 0 Å². The van der Waals surface area contributed by atoms with Gasteiger partial charge in [0.1, 0.15) is 15.0 Å². The monoisotopic (exact) mass is 497 g/mol. The minimum absolute atomic E-state index is 0.544. The zero-order valence-corrected chi connectivity index (χ0v) is 21.2. The molecule has 9 heteroatoms. The third kappa shape index (κ3) is 4.36. The number of piperazine rings is 1. The Bertz CT molecular complexity index is 1510. The highest BCUT2D eigenvalue weighted by atomic mass is 32.1. The van der Waals surface area contributed by atoms with Gasteiger partial charge in [-0.15, -0.1) is 11.3 Å². The van der Waals surface area contributed by atoms with E-state index in [4.69, 9.17) is 24.7 Å². The van der Waals surface area contributed by atoms with Crippen molar-refractivity contribution in [3.8, 4) is 17.3 Å². The highest BCUT2D eigenvalue weighted by molar-refractivity contribution is 7.25. The fourth-order valence-corrected chi connectivity index (χ4v) is 5.66. The summed E-state index contributed by atoms with van der Waals surface area (Å²) in [6, 6.07) is 12.5. The minimum atomic E-state index is 0.544. The van der Waals surface area contributed by atoms with Gasteiger partial charge in [-0.25, -0.2) is 15.0 Å². The van der Waals surface area contributed by atoms with Crippen LogP contribution in [0.1, 0.15) is 23.7 Å². The molecule has 0 aliphatic carbocycles. The molecule has 1 aliphatic rings. The van der Waals surface area contributed by atoms with E-state index in [-0.39, 0.29) is 0 Å². The van der Waals surface area contributed by atoms with Crippen LogP contribution in [0.2, 0.25) is 0 Å². The average Bonchev–Trinajstić information content (AvgIpc) is 3.30. The molecule has 1 aromatic carbocycles. The van der Waals surface area contributed by atoms with Crippen molar-refractivity contribution in [2.75, 3.05) is 37.7 Å². The Labute approximate surface area is 213 Å². The molecular weight excluding hydrogens is 470 g/mol. The Balaban J connectivity index is 1.39. The lowest BCUT2D eigenvalue weighted by molar-refractivity contribution is 0.331. The number of hydrogen-bond acceptors (Lipinski definition) is 9. The van der Waals surface area contributed by atoms with Gasteiger partial charge in [0.25, 0.3) is 0 Å². The molecule has 8 nitrogen and oxygen atoms in total.